The predicted molar refractivity (Wildman–Crippen MR) is 47.7 cm³/mol. The fourth-order valence-electron chi connectivity index (χ4n) is 0.798. The number of aromatic hydroxyl groups is 1. The number of halogens is 1. The van der Waals surface area contributed by atoms with Gasteiger partial charge < -0.3 is 10.2 Å². The number of phenols is 1. The van der Waals surface area contributed by atoms with Crippen molar-refractivity contribution in [3.05, 3.63) is 29.3 Å². The number of carboxylic acids is 1. The summed E-state index contributed by atoms with van der Waals surface area (Å²) in [5, 5.41) is 17.5. The third kappa shape index (κ3) is 2.45. The van der Waals surface area contributed by atoms with Gasteiger partial charge in [-0.25, -0.2) is 4.79 Å². The Labute approximate surface area is 80.2 Å². The Balaban J connectivity index is 0.00000144. The lowest BCUT2D eigenvalue weighted by molar-refractivity contribution is 0.0693. The van der Waals surface area contributed by atoms with E-state index >= 15 is 0 Å². The van der Waals surface area contributed by atoms with Crippen molar-refractivity contribution in [3.8, 4) is 5.75 Å². The topological polar surface area (TPSA) is 74.6 Å². The molecule has 0 atom stereocenters. The summed E-state index contributed by atoms with van der Waals surface area (Å²) in [4.78, 5) is 20.6. The largest absolute Gasteiger partial charge is 0.507 e. The third-order valence-electron chi connectivity index (χ3n) is 1.39. The minimum atomic E-state index is -1.25. The maximum Gasteiger partial charge on any atom is 0.339 e. The first-order valence-corrected chi connectivity index (χ1v) is 3.16. The lowest BCUT2D eigenvalue weighted by Gasteiger charge is -1.98. The molecule has 70 valence electrons. The molecule has 0 aliphatic rings. The van der Waals surface area contributed by atoms with Crippen LogP contribution < -0.4 is 0 Å². The molecule has 0 saturated heterocycles. The van der Waals surface area contributed by atoms with Crippen molar-refractivity contribution >= 4 is 24.7 Å². The first-order chi connectivity index (χ1) is 5.65. The van der Waals surface area contributed by atoms with Crippen molar-refractivity contribution in [2.75, 3.05) is 0 Å². The summed E-state index contributed by atoms with van der Waals surface area (Å²) in [6.07, 6.45) is 0.520. The highest BCUT2D eigenvalue weighted by molar-refractivity contribution is 5.93. The van der Waals surface area contributed by atoms with E-state index in [0.717, 1.165) is 6.07 Å². The normalized spacial score (nSPS) is 8.62. The number of rotatable bonds is 2. The fourth-order valence-corrected chi connectivity index (χ4v) is 0.798. The Bertz CT molecular complexity index is 335. The molecule has 1 aromatic carbocycles. The van der Waals surface area contributed by atoms with E-state index in [9.17, 15) is 9.59 Å². The van der Waals surface area contributed by atoms with E-state index in [1.807, 2.05) is 0 Å². The first-order valence-electron chi connectivity index (χ1n) is 3.16. The molecule has 0 unspecified atom stereocenters. The van der Waals surface area contributed by atoms with E-state index in [0.29, 0.717) is 6.29 Å². The van der Waals surface area contributed by atoms with Gasteiger partial charge in [0.05, 0.1) is 0 Å². The van der Waals surface area contributed by atoms with Crippen LogP contribution in [0.25, 0.3) is 0 Å². The lowest BCUT2D eigenvalue weighted by atomic mass is 10.1. The Morgan fingerprint density at radius 1 is 1.38 bits per heavy atom. The summed E-state index contributed by atoms with van der Waals surface area (Å²) in [5.41, 5.74) is -0.0372. The van der Waals surface area contributed by atoms with E-state index in [2.05, 4.69) is 0 Å². The summed E-state index contributed by atoms with van der Waals surface area (Å²) in [6.45, 7) is 0. The number of benzene rings is 1. The number of aromatic carboxylic acids is 1. The Kier molecular flexibility index (Phi) is 3.94. The van der Waals surface area contributed by atoms with Crippen LogP contribution in [0, 0.1) is 0 Å². The summed E-state index contributed by atoms with van der Waals surface area (Å²) in [6, 6.07) is 3.63. The molecule has 0 radical (unpaired) electrons. The van der Waals surface area contributed by atoms with Gasteiger partial charge in [0, 0.05) is 5.56 Å². The van der Waals surface area contributed by atoms with Crippen LogP contribution in [0.2, 0.25) is 0 Å². The zero-order chi connectivity index (χ0) is 9.14. The van der Waals surface area contributed by atoms with Crippen molar-refractivity contribution in [2.24, 2.45) is 0 Å². The van der Waals surface area contributed by atoms with Gasteiger partial charge in [-0.2, -0.15) is 0 Å². The van der Waals surface area contributed by atoms with Gasteiger partial charge in [-0.1, -0.05) is 0 Å². The summed E-state index contributed by atoms with van der Waals surface area (Å²) >= 11 is 0. The Morgan fingerprint density at radius 3 is 2.46 bits per heavy atom. The molecule has 0 aliphatic carbocycles. The molecule has 4 nitrogen and oxygen atoms in total. The molecule has 0 spiro atoms. The average Bonchev–Trinajstić information content (AvgIpc) is 2.05. The van der Waals surface area contributed by atoms with Crippen molar-refractivity contribution < 1.29 is 19.8 Å². The highest BCUT2D eigenvalue weighted by Crippen LogP contribution is 2.17. The van der Waals surface area contributed by atoms with E-state index < -0.39 is 5.97 Å². The van der Waals surface area contributed by atoms with Gasteiger partial charge in [-0.3, -0.25) is 4.79 Å². The molecular weight excluding hydrogens is 196 g/mol. The number of aldehydes is 1. The zero-order valence-corrected chi connectivity index (χ0v) is 7.25. The van der Waals surface area contributed by atoms with E-state index in [4.69, 9.17) is 10.2 Å². The van der Waals surface area contributed by atoms with Gasteiger partial charge >= 0.3 is 5.97 Å². The van der Waals surface area contributed by atoms with Gasteiger partial charge in [0.15, 0.2) is 0 Å². The second-order valence-electron chi connectivity index (χ2n) is 2.20. The number of hydrogen-bond donors (Lipinski definition) is 2. The number of carbonyl (C=O) groups excluding carboxylic acids is 1. The zero-order valence-electron chi connectivity index (χ0n) is 6.43. The molecule has 0 heterocycles. The molecule has 13 heavy (non-hydrogen) atoms. The summed E-state index contributed by atoms with van der Waals surface area (Å²) < 4.78 is 0. The van der Waals surface area contributed by atoms with Crippen LogP contribution in [0.15, 0.2) is 18.2 Å². The first kappa shape index (κ1) is 11.4. The summed E-state index contributed by atoms with van der Waals surface area (Å²) in [7, 11) is 0. The molecule has 0 bridgehead atoms. The van der Waals surface area contributed by atoms with Crippen LogP contribution in [-0.4, -0.2) is 22.5 Å². The third-order valence-corrected chi connectivity index (χ3v) is 1.39. The van der Waals surface area contributed by atoms with Crippen LogP contribution in [0.4, 0.5) is 0 Å². The summed E-state index contributed by atoms with van der Waals surface area (Å²) in [5.74, 6) is -1.59. The van der Waals surface area contributed by atoms with Crippen molar-refractivity contribution in [3.63, 3.8) is 0 Å². The molecule has 0 amide bonds. The Hall–Kier alpha value is -1.55. The number of hydrogen-bond acceptors (Lipinski definition) is 3. The van der Waals surface area contributed by atoms with Crippen molar-refractivity contribution in [2.45, 2.75) is 0 Å². The average molecular weight is 203 g/mol. The molecule has 0 fully saturated rings. The second-order valence-corrected chi connectivity index (χ2v) is 2.20. The maximum absolute atomic E-state index is 10.4. The minimum Gasteiger partial charge on any atom is -0.507 e. The quantitative estimate of drug-likeness (QED) is 0.710. The van der Waals surface area contributed by atoms with Gasteiger partial charge in [-0.05, 0) is 18.2 Å². The smallest absolute Gasteiger partial charge is 0.339 e. The second kappa shape index (κ2) is 4.47. The molecule has 5 heteroatoms. The minimum absolute atomic E-state index is 0. The van der Waals surface area contributed by atoms with Gasteiger partial charge in [-0.15, -0.1) is 12.4 Å². The highest BCUT2D eigenvalue weighted by atomic mass is 35.5. The van der Waals surface area contributed by atoms with Crippen LogP contribution in [-0.2, 0) is 0 Å². The van der Waals surface area contributed by atoms with Crippen molar-refractivity contribution in [1.29, 1.82) is 0 Å². The predicted octanol–water partition coefficient (Wildman–Crippen LogP) is 1.32. The van der Waals surface area contributed by atoms with Gasteiger partial charge in [0.25, 0.3) is 0 Å². The van der Waals surface area contributed by atoms with Gasteiger partial charge in [0.1, 0.15) is 17.6 Å². The monoisotopic (exact) mass is 202 g/mol. The number of carbonyl (C=O) groups is 2. The lowest BCUT2D eigenvalue weighted by Crippen LogP contribution is -1.97. The Morgan fingerprint density at radius 2 is 2.00 bits per heavy atom. The molecule has 0 aromatic heterocycles. The standard InChI is InChI=1S/C8H6O4.ClH/c9-4-5-1-2-7(10)6(3-5)8(11)12;/h1-4,10H,(H,11,12);1H. The van der Waals surface area contributed by atoms with E-state index in [1.165, 1.54) is 12.1 Å². The maximum atomic E-state index is 10.4. The van der Waals surface area contributed by atoms with Gasteiger partial charge in [0.2, 0.25) is 0 Å². The fraction of sp³-hybridized carbons (Fsp3) is 0. The van der Waals surface area contributed by atoms with E-state index in [1.54, 1.807) is 0 Å². The van der Waals surface area contributed by atoms with Crippen LogP contribution in [0.5, 0.6) is 5.75 Å². The molecule has 0 saturated carbocycles. The van der Waals surface area contributed by atoms with Crippen LogP contribution in [0.3, 0.4) is 0 Å². The van der Waals surface area contributed by atoms with Crippen LogP contribution >= 0.6 is 12.4 Å². The highest BCUT2D eigenvalue weighted by Gasteiger charge is 2.09. The van der Waals surface area contributed by atoms with E-state index in [-0.39, 0.29) is 29.3 Å². The molecule has 1 rings (SSSR count). The SMILES string of the molecule is Cl.O=Cc1ccc(O)c(C(=O)O)c1. The van der Waals surface area contributed by atoms with Crippen molar-refractivity contribution in [1.82, 2.24) is 0 Å². The molecule has 1 aromatic rings. The molecular formula is C8H7ClO4. The molecule has 2 N–H and O–H groups in total. The molecule has 0 aliphatic heterocycles. The van der Waals surface area contributed by atoms with Crippen LogP contribution in [0.1, 0.15) is 20.7 Å². The number of carboxylic acid groups (broad SMARTS) is 1.